The normalized spacial score (nSPS) is 12.3. The predicted molar refractivity (Wildman–Crippen MR) is 142 cm³/mol. The van der Waals surface area contributed by atoms with Crippen molar-refractivity contribution in [2.45, 2.75) is 71.5 Å². The first-order valence-electron chi connectivity index (χ1n) is 11.7. The second-order valence-electron chi connectivity index (χ2n) is 10.0. The van der Waals surface area contributed by atoms with Gasteiger partial charge in [0.1, 0.15) is 16.9 Å². The van der Waals surface area contributed by atoms with Gasteiger partial charge in [-0.15, -0.1) is 11.8 Å². The van der Waals surface area contributed by atoms with Crippen molar-refractivity contribution < 1.29 is 23.5 Å². The van der Waals surface area contributed by atoms with Gasteiger partial charge in [0.2, 0.25) is 0 Å². The van der Waals surface area contributed by atoms with Crippen molar-refractivity contribution in [1.29, 1.82) is 0 Å². The maximum absolute atomic E-state index is 13.0. The molecule has 0 unspecified atom stereocenters. The molecule has 0 N–H and O–H groups in total. The molecule has 3 aromatic rings. The summed E-state index contributed by atoms with van der Waals surface area (Å²) in [6.45, 7) is 14.8. The molecule has 2 aromatic carbocycles. The third kappa shape index (κ3) is 6.37. The molecule has 0 saturated carbocycles. The van der Waals surface area contributed by atoms with Crippen LogP contribution >= 0.6 is 11.8 Å². The van der Waals surface area contributed by atoms with Crippen LogP contribution in [0.2, 0.25) is 0 Å². The number of esters is 1. The zero-order valence-corrected chi connectivity index (χ0v) is 22.6. The second-order valence-corrected chi connectivity index (χ2v) is 11.3. The van der Waals surface area contributed by atoms with E-state index in [9.17, 15) is 9.59 Å². The number of thioether (sulfide) groups is 1. The van der Waals surface area contributed by atoms with Crippen molar-refractivity contribution in [1.82, 2.24) is 0 Å². The van der Waals surface area contributed by atoms with Gasteiger partial charge in [-0.1, -0.05) is 13.0 Å². The number of aryl methyl sites for hydroxylation is 2. The summed E-state index contributed by atoms with van der Waals surface area (Å²) in [4.78, 5) is 26.7. The second kappa shape index (κ2) is 10.3. The molecular weight excluding hydrogens is 460 g/mol. The van der Waals surface area contributed by atoms with E-state index in [4.69, 9.17) is 13.9 Å². The topological polar surface area (TPSA) is 65.7 Å². The van der Waals surface area contributed by atoms with Crippen molar-refractivity contribution >= 4 is 40.6 Å². The Balaban J connectivity index is 1.81. The van der Waals surface area contributed by atoms with E-state index in [0.29, 0.717) is 16.9 Å². The van der Waals surface area contributed by atoms with Gasteiger partial charge in [0, 0.05) is 10.3 Å². The van der Waals surface area contributed by atoms with E-state index in [1.165, 1.54) is 0 Å². The lowest BCUT2D eigenvalue weighted by molar-refractivity contribution is -0.171. The number of furan rings is 1. The first kappa shape index (κ1) is 26.6. The molecule has 0 radical (unpaired) electrons. The van der Waals surface area contributed by atoms with E-state index in [-0.39, 0.29) is 5.78 Å². The fourth-order valence-electron chi connectivity index (χ4n) is 3.71. The van der Waals surface area contributed by atoms with E-state index in [0.717, 1.165) is 32.7 Å². The lowest BCUT2D eigenvalue weighted by Crippen LogP contribution is -2.43. The molecule has 1 heterocycles. The number of hydrogen-bond acceptors (Lipinski definition) is 6. The molecular formula is C29H34O5S. The molecule has 0 bridgehead atoms. The molecule has 6 heteroatoms. The number of ketones is 1. The quantitative estimate of drug-likeness (QED) is 0.139. The number of hydrogen-bond donors (Lipinski definition) is 0. The van der Waals surface area contributed by atoms with Crippen molar-refractivity contribution in [3.8, 4) is 5.75 Å². The van der Waals surface area contributed by atoms with Gasteiger partial charge in [0.25, 0.3) is 0 Å². The van der Waals surface area contributed by atoms with Crippen molar-refractivity contribution in [3.05, 3.63) is 64.9 Å². The Labute approximate surface area is 211 Å². The molecule has 0 amide bonds. The van der Waals surface area contributed by atoms with Gasteiger partial charge in [-0.25, -0.2) is 4.79 Å². The van der Waals surface area contributed by atoms with Crippen LogP contribution in [0.15, 0.2) is 52.0 Å². The van der Waals surface area contributed by atoms with Crippen LogP contribution in [-0.2, 0) is 9.53 Å². The first-order valence-corrected chi connectivity index (χ1v) is 12.7. The summed E-state index contributed by atoms with van der Waals surface area (Å²) < 4.78 is 17.3. The number of rotatable bonds is 8. The van der Waals surface area contributed by atoms with E-state index < -0.39 is 17.2 Å². The van der Waals surface area contributed by atoms with Crippen molar-refractivity contribution in [2.75, 3.05) is 5.75 Å². The third-order valence-corrected chi connectivity index (χ3v) is 6.26. The van der Waals surface area contributed by atoms with Gasteiger partial charge in [0.05, 0.1) is 11.8 Å². The van der Waals surface area contributed by atoms with Crippen molar-refractivity contribution in [2.24, 2.45) is 0 Å². The molecule has 3 rings (SSSR count). The van der Waals surface area contributed by atoms with E-state index >= 15 is 0 Å². The lowest BCUT2D eigenvalue weighted by atomic mass is 10.0. The number of carbonyl (C=O) groups is 2. The maximum atomic E-state index is 13.0. The monoisotopic (exact) mass is 494 g/mol. The Kier molecular flexibility index (Phi) is 7.85. The minimum atomic E-state index is -1.15. The van der Waals surface area contributed by atoms with Crippen LogP contribution < -0.4 is 4.74 Å². The highest BCUT2D eigenvalue weighted by Gasteiger charge is 2.35. The summed E-state index contributed by atoms with van der Waals surface area (Å²) in [6.07, 6.45) is 4.97. The summed E-state index contributed by atoms with van der Waals surface area (Å²) in [5.41, 5.74) is 2.00. The molecule has 186 valence electrons. The predicted octanol–water partition coefficient (Wildman–Crippen LogP) is 7.56. The molecule has 35 heavy (non-hydrogen) atoms. The van der Waals surface area contributed by atoms with Crippen LogP contribution in [0, 0.1) is 13.8 Å². The van der Waals surface area contributed by atoms with Crippen LogP contribution in [0.3, 0.4) is 0 Å². The zero-order valence-electron chi connectivity index (χ0n) is 21.8. The SMILES string of the molecule is CCSc1ccc(C(=O)/C=C/c2cc(C)c(OC(C)(C)C(=O)OC(C)(C)C)c(C)c2)c2occc12. The molecule has 1 aromatic heterocycles. The van der Waals surface area contributed by atoms with E-state index in [2.05, 4.69) is 6.92 Å². The van der Waals surface area contributed by atoms with Gasteiger partial charge in [0.15, 0.2) is 11.4 Å². The molecule has 0 aliphatic carbocycles. The highest BCUT2D eigenvalue weighted by molar-refractivity contribution is 7.99. The summed E-state index contributed by atoms with van der Waals surface area (Å²) in [6, 6.07) is 9.56. The van der Waals surface area contributed by atoms with Gasteiger partial charge in [-0.2, -0.15) is 0 Å². The third-order valence-electron chi connectivity index (χ3n) is 5.30. The standard InChI is InChI=1S/C29H34O5S/c1-9-35-24-13-11-21(26-22(24)14-15-32-26)23(30)12-10-20-16-18(2)25(19(3)17-20)33-29(7,8)27(31)34-28(4,5)6/h10-17H,9H2,1-8H3/b12-10+. The Bertz CT molecular complexity index is 1250. The van der Waals surface area contributed by atoms with Crippen LogP contribution in [0.25, 0.3) is 17.0 Å². The minimum Gasteiger partial charge on any atom is -0.476 e. The molecule has 0 fully saturated rings. The Morgan fingerprint density at radius 3 is 2.29 bits per heavy atom. The molecule has 0 aliphatic heterocycles. The van der Waals surface area contributed by atoms with Gasteiger partial charge in [-0.05, 0) is 107 Å². The van der Waals surface area contributed by atoms with Crippen LogP contribution in [0.5, 0.6) is 5.75 Å². The number of benzene rings is 2. The highest BCUT2D eigenvalue weighted by atomic mass is 32.2. The number of fused-ring (bicyclic) bond motifs is 1. The molecule has 5 nitrogen and oxygen atoms in total. The average Bonchev–Trinajstić information content (AvgIpc) is 3.24. The number of carbonyl (C=O) groups excluding carboxylic acids is 2. The van der Waals surface area contributed by atoms with E-state index in [1.54, 1.807) is 44.0 Å². The molecule has 0 spiro atoms. The first-order chi connectivity index (χ1) is 16.3. The fraction of sp³-hybridized carbons (Fsp3) is 0.379. The fourth-order valence-corrected chi connectivity index (χ4v) is 4.50. The smallest absolute Gasteiger partial charge is 0.350 e. The maximum Gasteiger partial charge on any atom is 0.350 e. The van der Waals surface area contributed by atoms with Gasteiger partial charge >= 0.3 is 5.97 Å². The van der Waals surface area contributed by atoms with Gasteiger partial charge in [-0.3, -0.25) is 4.79 Å². The summed E-state index contributed by atoms with van der Waals surface area (Å²) >= 11 is 1.72. The number of allylic oxidation sites excluding steroid dienone is 1. The van der Waals surface area contributed by atoms with Crippen LogP contribution in [0.4, 0.5) is 0 Å². The molecule has 0 aliphatic rings. The van der Waals surface area contributed by atoms with Gasteiger partial charge < -0.3 is 13.9 Å². The average molecular weight is 495 g/mol. The Hall–Kier alpha value is -2.99. The lowest BCUT2D eigenvalue weighted by Gasteiger charge is -2.30. The van der Waals surface area contributed by atoms with Crippen molar-refractivity contribution in [3.63, 3.8) is 0 Å². The summed E-state index contributed by atoms with van der Waals surface area (Å²) in [5.74, 6) is 1.03. The van der Waals surface area contributed by atoms with Crippen LogP contribution in [-0.4, -0.2) is 28.7 Å². The largest absolute Gasteiger partial charge is 0.476 e. The zero-order chi connectivity index (χ0) is 26.0. The van der Waals surface area contributed by atoms with E-state index in [1.807, 2.05) is 65.0 Å². The minimum absolute atomic E-state index is 0.125. The molecule has 0 atom stereocenters. The highest BCUT2D eigenvalue weighted by Crippen LogP contribution is 2.32. The Morgan fingerprint density at radius 1 is 1.03 bits per heavy atom. The Morgan fingerprint density at radius 2 is 1.69 bits per heavy atom. The van der Waals surface area contributed by atoms with Crippen LogP contribution in [0.1, 0.15) is 68.6 Å². The molecule has 0 saturated heterocycles. The summed E-state index contributed by atoms with van der Waals surface area (Å²) in [7, 11) is 0. The summed E-state index contributed by atoms with van der Waals surface area (Å²) in [5, 5.41) is 0.955. The number of ether oxygens (including phenoxy) is 2.